The lowest BCUT2D eigenvalue weighted by Gasteiger charge is -2.45. The highest BCUT2D eigenvalue weighted by Gasteiger charge is 2.48. The van der Waals surface area contributed by atoms with E-state index in [1.807, 2.05) is 0 Å². The van der Waals surface area contributed by atoms with E-state index >= 15 is 0 Å². The van der Waals surface area contributed by atoms with Crippen molar-refractivity contribution in [3.63, 3.8) is 0 Å². The van der Waals surface area contributed by atoms with Crippen molar-refractivity contribution in [2.45, 2.75) is 67.5 Å². The normalized spacial score (nSPS) is 53.5. The number of ether oxygens (including phenoxy) is 2. The van der Waals surface area contributed by atoms with Crippen LogP contribution in [-0.4, -0.2) is 88.0 Å². The Kier molecular flexibility index (Phi) is 5.72. The van der Waals surface area contributed by atoms with Crippen LogP contribution in [0.5, 0.6) is 0 Å². The Balaban J connectivity index is 2.10. The van der Waals surface area contributed by atoms with Crippen LogP contribution in [0, 0.1) is 0 Å². The second-order valence-corrected chi connectivity index (χ2v) is 5.98. The third-order valence-corrected chi connectivity index (χ3v) is 4.37. The summed E-state index contributed by atoms with van der Waals surface area (Å²) in [5.41, 5.74) is 22.8. The topological polar surface area (TPSA) is 203 Å². The number of rotatable bonds is 3. The van der Waals surface area contributed by atoms with E-state index in [1.165, 1.54) is 0 Å². The molecule has 0 aromatic carbocycles. The molecule has 0 spiro atoms. The minimum Gasteiger partial charge on any atom is -0.389 e. The first-order chi connectivity index (χ1) is 10.3. The van der Waals surface area contributed by atoms with E-state index in [4.69, 9.17) is 32.4 Å². The summed E-state index contributed by atoms with van der Waals surface area (Å²) >= 11 is 0. The van der Waals surface area contributed by atoms with E-state index < -0.39 is 61.0 Å². The Bertz CT molecular complexity index is 362. The maximum atomic E-state index is 10.1. The molecule has 0 amide bonds. The number of hydrogen-bond acceptors (Lipinski definition) is 10. The molecule has 2 rings (SSSR count). The molecule has 1 saturated carbocycles. The summed E-state index contributed by atoms with van der Waals surface area (Å²) in [4.78, 5) is 0. The Hall–Kier alpha value is -0.400. The lowest BCUT2D eigenvalue weighted by Crippen LogP contribution is -2.67. The molecule has 2 fully saturated rings. The SMILES string of the molecule is NC[C@@H]1O[C@@H](OC2[C@@H](O)[C@H](N)C[C@H](N)[C@H]2O)[C@@H](N)[C@H](O)[C@H]1O. The van der Waals surface area contributed by atoms with Crippen molar-refractivity contribution >= 4 is 0 Å². The van der Waals surface area contributed by atoms with Gasteiger partial charge in [-0.2, -0.15) is 0 Å². The van der Waals surface area contributed by atoms with Crippen LogP contribution in [0.4, 0.5) is 0 Å². The van der Waals surface area contributed by atoms with Gasteiger partial charge in [0.1, 0.15) is 24.4 Å². The zero-order valence-corrected chi connectivity index (χ0v) is 12.1. The van der Waals surface area contributed by atoms with Crippen LogP contribution in [0.15, 0.2) is 0 Å². The zero-order valence-electron chi connectivity index (χ0n) is 12.1. The predicted octanol–water partition coefficient (Wildman–Crippen LogP) is -5.12. The average molecular weight is 322 g/mol. The molecule has 1 aliphatic heterocycles. The zero-order chi connectivity index (χ0) is 16.6. The molecule has 1 saturated heterocycles. The van der Waals surface area contributed by atoms with E-state index in [-0.39, 0.29) is 13.0 Å². The maximum Gasteiger partial charge on any atom is 0.176 e. The van der Waals surface area contributed by atoms with Crippen LogP contribution in [0.1, 0.15) is 6.42 Å². The molecule has 130 valence electrons. The van der Waals surface area contributed by atoms with E-state index in [1.54, 1.807) is 0 Å². The van der Waals surface area contributed by atoms with Crippen molar-refractivity contribution < 1.29 is 29.9 Å². The van der Waals surface area contributed by atoms with Gasteiger partial charge in [0.15, 0.2) is 6.29 Å². The highest BCUT2D eigenvalue weighted by Crippen LogP contribution is 2.27. The summed E-state index contributed by atoms with van der Waals surface area (Å²) in [6, 6.07) is -2.40. The summed E-state index contributed by atoms with van der Waals surface area (Å²) in [5, 5.41) is 39.9. The van der Waals surface area contributed by atoms with E-state index in [9.17, 15) is 20.4 Å². The monoisotopic (exact) mass is 322 g/mol. The van der Waals surface area contributed by atoms with Crippen molar-refractivity contribution in [1.29, 1.82) is 0 Å². The number of hydrogen-bond donors (Lipinski definition) is 8. The minimum absolute atomic E-state index is 0.0559. The summed E-state index contributed by atoms with van der Waals surface area (Å²) in [5.74, 6) is 0. The van der Waals surface area contributed by atoms with Gasteiger partial charge in [0, 0.05) is 18.6 Å². The van der Waals surface area contributed by atoms with Crippen molar-refractivity contribution in [1.82, 2.24) is 0 Å². The number of aliphatic hydroxyl groups is 4. The van der Waals surface area contributed by atoms with Crippen LogP contribution in [0.3, 0.4) is 0 Å². The molecule has 1 unspecified atom stereocenters. The highest BCUT2D eigenvalue weighted by atomic mass is 16.7. The van der Waals surface area contributed by atoms with E-state index in [0.717, 1.165) is 0 Å². The molecule has 0 radical (unpaired) electrons. The van der Waals surface area contributed by atoms with Gasteiger partial charge < -0.3 is 52.8 Å². The predicted molar refractivity (Wildman–Crippen MR) is 75.2 cm³/mol. The standard InChI is InChI=1S/C12H26N4O6/c13-2-5-9(19)10(20)6(16)12(21-5)22-11-7(17)3(14)1-4(15)8(11)18/h3-12,17-20H,1-2,13-16H2/t3-,4+,5-,6-,7+,8-,9-,10-,11?,12-/m0/s1. The first-order valence-electron chi connectivity index (χ1n) is 7.28. The van der Waals surface area contributed by atoms with Gasteiger partial charge in [-0.15, -0.1) is 0 Å². The Morgan fingerprint density at radius 3 is 1.95 bits per heavy atom. The highest BCUT2D eigenvalue weighted by molar-refractivity contribution is 4.99. The molecule has 1 aliphatic carbocycles. The lowest BCUT2D eigenvalue weighted by atomic mass is 9.84. The fraction of sp³-hybridized carbons (Fsp3) is 1.00. The molecule has 10 heteroatoms. The molecule has 0 bridgehead atoms. The molecular formula is C12H26N4O6. The number of aliphatic hydroxyl groups excluding tert-OH is 4. The summed E-state index contributed by atoms with van der Waals surface area (Å²) in [6.45, 7) is -0.0559. The van der Waals surface area contributed by atoms with Gasteiger partial charge in [0.2, 0.25) is 0 Å². The lowest BCUT2D eigenvalue weighted by molar-refractivity contribution is -0.292. The maximum absolute atomic E-state index is 10.1. The quantitative estimate of drug-likeness (QED) is 0.248. The molecular weight excluding hydrogens is 296 g/mol. The van der Waals surface area contributed by atoms with Gasteiger partial charge in [0.25, 0.3) is 0 Å². The summed E-state index contributed by atoms with van der Waals surface area (Å²) in [7, 11) is 0. The molecule has 0 aromatic rings. The Labute approximate surface area is 128 Å². The first kappa shape index (κ1) is 17.9. The third kappa shape index (κ3) is 3.26. The fourth-order valence-electron chi connectivity index (χ4n) is 2.87. The van der Waals surface area contributed by atoms with Crippen molar-refractivity contribution in [3.05, 3.63) is 0 Å². The van der Waals surface area contributed by atoms with Crippen molar-refractivity contribution in [2.75, 3.05) is 6.54 Å². The van der Waals surface area contributed by atoms with Crippen molar-refractivity contribution in [3.8, 4) is 0 Å². The molecule has 12 N–H and O–H groups in total. The molecule has 0 aromatic heterocycles. The smallest absolute Gasteiger partial charge is 0.176 e. The largest absolute Gasteiger partial charge is 0.389 e. The summed E-state index contributed by atoms with van der Waals surface area (Å²) in [6.07, 6.45) is -7.80. The summed E-state index contributed by atoms with van der Waals surface area (Å²) < 4.78 is 10.9. The molecule has 10 nitrogen and oxygen atoms in total. The van der Waals surface area contributed by atoms with Crippen LogP contribution >= 0.6 is 0 Å². The fourth-order valence-corrected chi connectivity index (χ4v) is 2.87. The third-order valence-electron chi connectivity index (χ3n) is 4.37. The average Bonchev–Trinajstić information content (AvgIpc) is 2.49. The van der Waals surface area contributed by atoms with Gasteiger partial charge in [-0.25, -0.2) is 0 Å². The van der Waals surface area contributed by atoms with E-state index in [2.05, 4.69) is 0 Å². The number of nitrogens with two attached hydrogens (primary N) is 4. The minimum atomic E-state index is -1.31. The van der Waals surface area contributed by atoms with Gasteiger partial charge in [-0.05, 0) is 6.42 Å². The van der Waals surface area contributed by atoms with Gasteiger partial charge in [0.05, 0.1) is 18.2 Å². The van der Waals surface area contributed by atoms with Crippen molar-refractivity contribution in [2.24, 2.45) is 22.9 Å². The molecule has 1 heterocycles. The molecule has 10 atom stereocenters. The van der Waals surface area contributed by atoms with Gasteiger partial charge in [-0.1, -0.05) is 0 Å². The van der Waals surface area contributed by atoms with Gasteiger partial charge >= 0.3 is 0 Å². The molecule has 2 aliphatic rings. The van der Waals surface area contributed by atoms with E-state index in [0.29, 0.717) is 0 Å². The van der Waals surface area contributed by atoms with Crippen LogP contribution in [0.25, 0.3) is 0 Å². The second-order valence-electron chi connectivity index (χ2n) is 5.98. The van der Waals surface area contributed by atoms with Crippen LogP contribution < -0.4 is 22.9 Å². The van der Waals surface area contributed by atoms with Crippen LogP contribution in [0.2, 0.25) is 0 Å². The Morgan fingerprint density at radius 2 is 1.45 bits per heavy atom. The Morgan fingerprint density at radius 1 is 0.909 bits per heavy atom. The molecule has 22 heavy (non-hydrogen) atoms. The first-order valence-corrected chi connectivity index (χ1v) is 7.28. The van der Waals surface area contributed by atoms with Crippen LogP contribution in [-0.2, 0) is 9.47 Å². The second kappa shape index (κ2) is 7.01. The van der Waals surface area contributed by atoms with Gasteiger partial charge in [-0.3, -0.25) is 0 Å².